The maximum absolute atomic E-state index is 12.5. The van der Waals surface area contributed by atoms with Crippen molar-refractivity contribution in [1.82, 2.24) is 4.90 Å². The van der Waals surface area contributed by atoms with Crippen molar-refractivity contribution in [2.24, 2.45) is 11.8 Å². The van der Waals surface area contributed by atoms with Crippen LogP contribution in [0.25, 0.3) is 0 Å². The second-order valence-electron chi connectivity index (χ2n) is 5.63. The first-order chi connectivity index (χ1) is 9.88. The average Bonchev–Trinajstić information content (AvgIpc) is 3.11. The Morgan fingerprint density at radius 1 is 1.29 bits per heavy atom. The molecule has 0 aromatic heterocycles. The van der Waals surface area contributed by atoms with Crippen LogP contribution in [0.2, 0.25) is 0 Å². The van der Waals surface area contributed by atoms with Gasteiger partial charge in [0.05, 0.1) is 0 Å². The zero-order chi connectivity index (χ0) is 15.6. The van der Waals surface area contributed by atoms with Gasteiger partial charge in [0.1, 0.15) is 12.3 Å². The fraction of sp³-hybridized carbons (Fsp3) is 0.467. The van der Waals surface area contributed by atoms with Crippen molar-refractivity contribution in [3.05, 3.63) is 24.3 Å². The van der Waals surface area contributed by atoms with Crippen molar-refractivity contribution >= 4 is 17.7 Å². The van der Waals surface area contributed by atoms with Crippen LogP contribution in [0.15, 0.2) is 24.3 Å². The van der Waals surface area contributed by atoms with Crippen LogP contribution in [-0.2, 0) is 4.79 Å². The van der Waals surface area contributed by atoms with Gasteiger partial charge in [-0.25, -0.2) is 4.79 Å². The first kappa shape index (κ1) is 15.2. The molecule has 1 aliphatic rings. The minimum absolute atomic E-state index is 0.0710. The normalized spacial score (nSPS) is 19.9. The van der Waals surface area contributed by atoms with Gasteiger partial charge < -0.3 is 15.1 Å². The second kappa shape index (κ2) is 6.03. The van der Waals surface area contributed by atoms with Gasteiger partial charge in [0.15, 0.2) is 0 Å². The number of anilines is 1. The molecular formula is C15H20N2O4. The summed E-state index contributed by atoms with van der Waals surface area (Å²) in [7, 11) is 1.68. The molecule has 0 saturated heterocycles. The van der Waals surface area contributed by atoms with Crippen LogP contribution in [0, 0.1) is 11.8 Å². The summed E-state index contributed by atoms with van der Waals surface area (Å²) in [6, 6.07) is 5.58. The summed E-state index contributed by atoms with van der Waals surface area (Å²) >= 11 is 0. The third kappa shape index (κ3) is 3.87. The Balaban J connectivity index is 2.12. The number of carboxylic acids is 1. The van der Waals surface area contributed by atoms with Crippen molar-refractivity contribution < 1.29 is 19.8 Å². The van der Waals surface area contributed by atoms with E-state index >= 15 is 0 Å². The molecular weight excluding hydrogens is 272 g/mol. The number of hydrogen-bond donors (Lipinski definition) is 2. The monoisotopic (exact) mass is 292 g/mol. The number of nitrogens with zero attached hydrogens (tertiary/aromatic N) is 2. The third-order valence-electron chi connectivity index (χ3n) is 3.80. The number of benzene rings is 1. The molecule has 2 rings (SSSR count). The van der Waals surface area contributed by atoms with Crippen molar-refractivity contribution in [3.8, 4) is 5.75 Å². The van der Waals surface area contributed by atoms with Gasteiger partial charge in [-0.05, 0) is 42.5 Å². The van der Waals surface area contributed by atoms with Gasteiger partial charge >= 0.3 is 12.0 Å². The first-order valence-corrected chi connectivity index (χ1v) is 6.92. The van der Waals surface area contributed by atoms with Crippen LogP contribution in [0.1, 0.15) is 13.3 Å². The summed E-state index contributed by atoms with van der Waals surface area (Å²) in [6.45, 7) is 2.36. The predicted molar refractivity (Wildman–Crippen MR) is 78.4 cm³/mol. The van der Waals surface area contributed by atoms with E-state index in [1.165, 1.54) is 29.2 Å². The zero-order valence-corrected chi connectivity index (χ0v) is 12.2. The Morgan fingerprint density at radius 2 is 1.86 bits per heavy atom. The molecule has 114 valence electrons. The number of aliphatic carboxylic acids is 1. The summed E-state index contributed by atoms with van der Waals surface area (Å²) in [5.74, 6) is 0.124. The number of carbonyl (C=O) groups excluding carboxylic acids is 1. The molecule has 2 amide bonds. The Labute approximate surface area is 123 Å². The lowest BCUT2D eigenvalue weighted by Crippen LogP contribution is -2.44. The number of phenolic OH excluding ortho intramolecular Hbond substituents is 1. The largest absolute Gasteiger partial charge is 0.508 e. The lowest BCUT2D eigenvalue weighted by molar-refractivity contribution is -0.135. The molecule has 1 saturated carbocycles. The van der Waals surface area contributed by atoms with Gasteiger partial charge in [-0.2, -0.15) is 0 Å². The molecule has 0 radical (unpaired) electrons. The van der Waals surface area contributed by atoms with E-state index < -0.39 is 12.5 Å². The zero-order valence-electron chi connectivity index (χ0n) is 12.2. The van der Waals surface area contributed by atoms with E-state index in [0.717, 1.165) is 6.42 Å². The highest BCUT2D eigenvalue weighted by Gasteiger charge is 2.35. The molecule has 0 heterocycles. The van der Waals surface area contributed by atoms with E-state index in [1.54, 1.807) is 11.9 Å². The molecule has 6 heteroatoms. The third-order valence-corrected chi connectivity index (χ3v) is 3.80. The van der Waals surface area contributed by atoms with Gasteiger partial charge in [0, 0.05) is 19.3 Å². The molecule has 2 N–H and O–H groups in total. The van der Waals surface area contributed by atoms with Gasteiger partial charge in [-0.15, -0.1) is 0 Å². The highest BCUT2D eigenvalue weighted by Crippen LogP contribution is 2.38. The van der Waals surface area contributed by atoms with E-state index in [9.17, 15) is 14.7 Å². The molecule has 1 aliphatic carbocycles. The minimum Gasteiger partial charge on any atom is -0.508 e. The number of urea groups is 1. The molecule has 2 unspecified atom stereocenters. The summed E-state index contributed by atoms with van der Waals surface area (Å²) in [5.41, 5.74) is 0.455. The number of carboxylic acid groups (broad SMARTS) is 1. The van der Waals surface area contributed by atoms with E-state index in [-0.39, 0.29) is 11.8 Å². The Kier molecular flexibility index (Phi) is 4.35. The minimum atomic E-state index is -1.08. The van der Waals surface area contributed by atoms with E-state index in [4.69, 9.17) is 5.11 Å². The van der Waals surface area contributed by atoms with Crippen molar-refractivity contribution in [2.45, 2.75) is 13.3 Å². The van der Waals surface area contributed by atoms with Crippen molar-refractivity contribution in [1.29, 1.82) is 0 Å². The molecule has 0 spiro atoms. The van der Waals surface area contributed by atoms with Crippen LogP contribution in [0.3, 0.4) is 0 Å². The summed E-state index contributed by atoms with van der Waals surface area (Å²) in [4.78, 5) is 26.2. The summed E-state index contributed by atoms with van der Waals surface area (Å²) < 4.78 is 0. The number of amides is 2. The van der Waals surface area contributed by atoms with Crippen LogP contribution in [-0.4, -0.2) is 47.3 Å². The SMILES string of the molecule is CC1CC1CN(C)C(=O)N(CC(=O)O)c1ccc(O)cc1. The van der Waals surface area contributed by atoms with Crippen molar-refractivity contribution in [2.75, 3.05) is 25.0 Å². The van der Waals surface area contributed by atoms with Crippen LogP contribution in [0.4, 0.5) is 10.5 Å². The maximum Gasteiger partial charge on any atom is 0.324 e. The highest BCUT2D eigenvalue weighted by atomic mass is 16.4. The molecule has 0 aliphatic heterocycles. The highest BCUT2D eigenvalue weighted by molar-refractivity contribution is 5.96. The Morgan fingerprint density at radius 3 is 2.33 bits per heavy atom. The molecule has 6 nitrogen and oxygen atoms in total. The molecule has 21 heavy (non-hydrogen) atoms. The number of phenols is 1. The Bertz CT molecular complexity index is 529. The smallest absolute Gasteiger partial charge is 0.324 e. The molecule has 2 atom stereocenters. The Hall–Kier alpha value is -2.24. The molecule has 1 fully saturated rings. The lowest BCUT2D eigenvalue weighted by Gasteiger charge is -2.27. The predicted octanol–water partition coefficient (Wildman–Crippen LogP) is 1.99. The standard InChI is InChI=1S/C15H20N2O4/c1-10-7-11(10)8-16(2)15(21)17(9-14(19)20)12-3-5-13(18)6-4-12/h3-6,10-11,18H,7-9H2,1-2H3,(H,19,20). The number of carbonyl (C=O) groups is 2. The van der Waals surface area contributed by atoms with Gasteiger partial charge in [0.25, 0.3) is 0 Å². The molecule has 0 bridgehead atoms. The number of rotatable bonds is 5. The quantitative estimate of drug-likeness (QED) is 0.869. The number of hydrogen-bond acceptors (Lipinski definition) is 3. The first-order valence-electron chi connectivity index (χ1n) is 6.92. The lowest BCUT2D eigenvalue weighted by atomic mass is 10.2. The van der Waals surface area contributed by atoms with Gasteiger partial charge in [0.2, 0.25) is 0 Å². The van der Waals surface area contributed by atoms with E-state index in [0.29, 0.717) is 24.1 Å². The van der Waals surface area contributed by atoms with Gasteiger partial charge in [-0.1, -0.05) is 6.92 Å². The topological polar surface area (TPSA) is 81.1 Å². The van der Waals surface area contributed by atoms with Gasteiger partial charge in [-0.3, -0.25) is 9.69 Å². The fourth-order valence-corrected chi connectivity index (χ4v) is 2.33. The van der Waals surface area contributed by atoms with E-state index in [1.807, 2.05) is 0 Å². The van der Waals surface area contributed by atoms with Crippen LogP contribution in [0.5, 0.6) is 5.75 Å². The number of aromatic hydroxyl groups is 1. The summed E-state index contributed by atoms with van der Waals surface area (Å²) in [6.07, 6.45) is 1.11. The van der Waals surface area contributed by atoms with E-state index in [2.05, 4.69) is 6.92 Å². The maximum atomic E-state index is 12.5. The van der Waals surface area contributed by atoms with Crippen molar-refractivity contribution in [3.63, 3.8) is 0 Å². The average molecular weight is 292 g/mol. The summed E-state index contributed by atoms with van der Waals surface area (Å²) in [5, 5.41) is 18.3. The fourth-order valence-electron chi connectivity index (χ4n) is 2.33. The molecule has 1 aromatic carbocycles. The second-order valence-corrected chi connectivity index (χ2v) is 5.63. The van der Waals surface area contributed by atoms with Crippen LogP contribution >= 0.6 is 0 Å². The van der Waals surface area contributed by atoms with Crippen LogP contribution < -0.4 is 4.90 Å². The molecule has 1 aromatic rings.